The molecule has 28 heavy (non-hydrogen) atoms. The van der Waals surface area contributed by atoms with Crippen molar-refractivity contribution in [3.8, 4) is 12.3 Å². The summed E-state index contributed by atoms with van der Waals surface area (Å²) in [7, 11) is 0. The zero-order chi connectivity index (χ0) is 19.8. The van der Waals surface area contributed by atoms with Crippen molar-refractivity contribution in [3.63, 3.8) is 0 Å². The molecule has 1 aliphatic rings. The van der Waals surface area contributed by atoms with E-state index >= 15 is 0 Å². The molecular formula is C18H12ClN9. The maximum atomic E-state index is 9.38. The Balaban J connectivity index is 1.96. The lowest BCUT2D eigenvalue weighted by atomic mass is 9.94. The fourth-order valence-corrected chi connectivity index (χ4v) is 3.38. The van der Waals surface area contributed by atoms with Crippen LogP contribution in [0.25, 0.3) is 10.8 Å². The minimum atomic E-state index is -0.608. The smallest absolute Gasteiger partial charge is 0.211 e. The van der Waals surface area contributed by atoms with Gasteiger partial charge in [0.1, 0.15) is 34.5 Å². The molecule has 136 valence electrons. The summed E-state index contributed by atoms with van der Waals surface area (Å²) in [5, 5.41) is 25.8. The minimum absolute atomic E-state index is 0.000393. The number of guanidine groups is 1. The minimum Gasteiger partial charge on any atom is -0.397 e. The molecule has 0 amide bonds. The van der Waals surface area contributed by atoms with E-state index in [1.54, 1.807) is 6.20 Å². The number of anilines is 3. The van der Waals surface area contributed by atoms with E-state index in [4.69, 9.17) is 28.3 Å². The molecule has 0 bridgehead atoms. The van der Waals surface area contributed by atoms with E-state index in [0.29, 0.717) is 16.5 Å². The molecule has 6 N–H and O–H groups in total. The predicted molar refractivity (Wildman–Crippen MR) is 106 cm³/mol. The standard InChI is InChI=1S/C18H12ClN9/c19-15-10-2-1-9(5-8(10)3-4-24-15)14-12-13(22)11(6-20)16(23)27-17(12)28-18(26-14)25-7-21/h1-5,14H,(H6,22,23,25,26,27,28). The number of pyridine rings is 2. The Hall–Kier alpha value is -4.08. The maximum Gasteiger partial charge on any atom is 0.211 e. The number of aliphatic imine (C=N–C) groups is 1. The van der Waals surface area contributed by atoms with Crippen molar-refractivity contribution in [2.24, 2.45) is 4.99 Å². The zero-order valence-electron chi connectivity index (χ0n) is 14.2. The monoisotopic (exact) mass is 389 g/mol. The SMILES string of the molecule is N#CNC1=NC(c2ccc3c(Cl)nccc3c2)c2c(nc(N)c(C#N)c2N)N1. The van der Waals surface area contributed by atoms with Crippen LogP contribution in [0.2, 0.25) is 5.15 Å². The molecule has 3 heterocycles. The highest BCUT2D eigenvalue weighted by atomic mass is 35.5. The molecule has 10 heteroatoms. The highest BCUT2D eigenvalue weighted by Crippen LogP contribution is 2.41. The van der Waals surface area contributed by atoms with Gasteiger partial charge in [0.25, 0.3) is 0 Å². The van der Waals surface area contributed by atoms with Gasteiger partial charge in [-0.15, -0.1) is 0 Å². The number of nitrogens with two attached hydrogens (primary N) is 2. The second-order valence-corrected chi connectivity index (χ2v) is 6.34. The Morgan fingerprint density at radius 3 is 2.79 bits per heavy atom. The summed E-state index contributed by atoms with van der Waals surface area (Å²) >= 11 is 6.15. The Morgan fingerprint density at radius 1 is 1.21 bits per heavy atom. The lowest BCUT2D eigenvalue weighted by molar-refractivity contribution is 0.848. The number of hydrogen-bond donors (Lipinski definition) is 4. The fourth-order valence-electron chi connectivity index (χ4n) is 3.15. The first-order valence-electron chi connectivity index (χ1n) is 8.06. The first-order valence-corrected chi connectivity index (χ1v) is 8.44. The van der Waals surface area contributed by atoms with E-state index in [1.807, 2.05) is 36.5 Å². The number of nitrogens with zero attached hydrogens (tertiary/aromatic N) is 5. The van der Waals surface area contributed by atoms with Gasteiger partial charge in [-0.3, -0.25) is 5.32 Å². The second-order valence-electron chi connectivity index (χ2n) is 5.98. The van der Waals surface area contributed by atoms with Crippen molar-refractivity contribution in [1.82, 2.24) is 15.3 Å². The molecule has 0 fully saturated rings. The van der Waals surface area contributed by atoms with Gasteiger partial charge >= 0.3 is 0 Å². The fraction of sp³-hybridized carbons (Fsp3) is 0.0556. The van der Waals surface area contributed by atoms with Gasteiger partial charge in [0.2, 0.25) is 5.96 Å². The normalized spacial score (nSPS) is 15.0. The quantitative estimate of drug-likeness (QED) is 0.280. The summed E-state index contributed by atoms with van der Waals surface area (Å²) in [6.07, 6.45) is 3.43. The van der Waals surface area contributed by atoms with Crippen molar-refractivity contribution in [3.05, 3.63) is 52.3 Å². The number of nitrogen functional groups attached to an aromatic ring is 2. The van der Waals surface area contributed by atoms with Crippen molar-refractivity contribution >= 4 is 45.7 Å². The lowest BCUT2D eigenvalue weighted by Crippen LogP contribution is -2.32. The molecule has 0 spiro atoms. The molecule has 1 atom stereocenters. The third kappa shape index (κ3) is 2.67. The molecular weight excluding hydrogens is 378 g/mol. The number of aromatic nitrogens is 2. The maximum absolute atomic E-state index is 9.38. The second kappa shape index (κ2) is 6.58. The van der Waals surface area contributed by atoms with Gasteiger partial charge in [-0.1, -0.05) is 23.7 Å². The lowest BCUT2D eigenvalue weighted by Gasteiger charge is -2.26. The van der Waals surface area contributed by atoms with Crippen LogP contribution in [0.5, 0.6) is 0 Å². The van der Waals surface area contributed by atoms with Crippen LogP contribution in [0.3, 0.4) is 0 Å². The number of rotatable bonds is 1. The summed E-state index contributed by atoms with van der Waals surface area (Å²) in [5.41, 5.74) is 13.6. The van der Waals surface area contributed by atoms with Gasteiger partial charge in [-0.25, -0.2) is 15.0 Å². The van der Waals surface area contributed by atoms with Gasteiger partial charge < -0.3 is 16.8 Å². The molecule has 0 saturated heterocycles. The van der Waals surface area contributed by atoms with Crippen LogP contribution in [0, 0.1) is 22.8 Å². The molecule has 0 saturated carbocycles. The molecule has 0 aliphatic carbocycles. The summed E-state index contributed by atoms with van der Waals surface area (Å²) < 4.78 is 0. The summed E-state index contributed by atoms with van der Waals surface area (Å²) in [5.74, 6) is 0.531. The summed E-state index contributed by atoms with van der Waals surface area (Å²) in [6, 6.07) is 8.77. The molecule has 4 rings (SSSR count). The van der Waals surface area contributed by atoms with Gasteiger partial charge in [-0.05, 0) is 23.1 Å². The Labute approximate surface area is 164 Å². The van der Waals surface area contributed by atoms with Gasteiger partial charge in [-0.2, -0.15) is 10.5 Å². The van der Waals surface area contributed by atoms with Crippen molar-refractivity contribution in [2.45, 2.75) is 6.04 Å². The first-order chi connectivity index (χ1) is 13.5. The highest BCUT2D eigenvalue weighted by molar-refractivity contribution is 6.34. The van der Waals surface area contributed by atoms with Crippen LogP contribution in [-0.4, -0.2) is 15.9 Å². The largest absolute Gasteiger partial charge is 0.397 e. The number of hydrogen-bond acceptors (Lipinski definition) is 9. The molecule has 2 aromatic heterocycles. The van der Waals surface area contributed by atoms with Crippen LogP contribution in [0.15, 0.2) is 35.5 Å². The van der Waals surface area contributed by atoms with Gasteiger partial charge in [0, 0.05) is 17.1 Å². The first kappa shape index (κ1) is 17.3. The molecule has 9 nitrogen and oxygen atoms in total. The van der Waals surface area contributed by atoms with Crippen LogP contribution < -0.4 is 22.1 Å². The van der Waals surface area contributed by atoms with Crippen LogP contribution in [0.1, 0.15) is 22.7 Å². The van der Waals surface area contributed by atoms with E-state index < -0.39 is 6.04 Å². The third-order valence-corrected chi connectivity index (χ3v) is 4.71. The van der Waals surface area contributed by atoms with Crippen molar-refractivity contribution in [2.75, 3.05) is 16.8 Å². The van der Waals surface area contributed by atoms with Crippen molar-refractivity contribution in [1.29, 1.82) is 10.5 Å². The topological polar surface area (TPSA) is 162 Å². The van der Waals surface area contributed by atoms with Crippen LogP contribution in [-0.2, 0) is 0 Å². The van der Waals surface area contributed by atoms with E-state index in [9.17, 15) is 5.26 Å². The van der Waals surface area contributed by atoms with E-state index in [-0.39, 0.29) is 23.0 Å². The number of nitriles is 2. The van der Waals surface area contributed by atoms with Crippen molar-refractivity contribution < 1.29 is 0 Å². The van der Waals surface area contributed by atoms with Gasteiger partial charge in [0.15, 0.2) is 6.19 Å². The summed E-state index contributed by atoms with van der Waals surface area (Å²) in [6.45, 7) is 0. The van der Waals surface area contributed by atoms with E-state index in [0.717, 1.165) is 16.3 Å². The van der Waals surface area contributed by atoms with E-state index in [2.05, 4.69) is 25.6 Å². The Kier molecular flexibility index (Phi) is 4.07. The number of benzene rings is 1. The van der Waals surface area contributed by atoms with E-state index in [1.165, 1.54) is 0 Å². The molecule has 3 aromatic rings. The van der Waals surface area contributed by atoms with Gasteiger partial charge in [0.05, 0.1) is 5.69 Å². The highest BCUT2D eigenvalue weighted by Gasteiger charge is 2.29. The Bertz CT molecular complexity index is 1240. The molecule has 1 aromatic carbocycles. The Morgan fingerprint density at radius 2 is 2.04 bits per heavy atom. The predicted octanol–water partition coefficient (Wildman–Crippen LogP) is 2.26. The average molecular weight is 390 g/mol. The number of fused-ring (bicyclic) bond motifs is 2. The third-order valence-electron chi connectivity index (χ3n) is 4.41. The molecule has 1 unspecified atom stereocenters. The number of nitrogens with one attached hydrogen (secondary N) is 2. The zero-order valence-corrected chi connectivity index (χ0v) is 15.0. The summed E-state index contributed by atoms with van der Waals surface area (Å²) in [4.78, 5) is 12.8. The van der Waals surface area contributed by atoms with Crippen LogP contribution in [0.4, 0.5) is 17.3 Å². The number of halogens is 1. The average Bonchev–Trinajstić information content (AvgIpc) is 2.67. The molecule has 0 radical (unpaired) electrons. The van der Waals surface area contributed by atoms with Crippen LogP contribution >= 0.6 is 11.6 Å². The molecule has 1 aliphatic heterocycles.